The van der Waals surface area contributed by atoms with Crippen LogP contribution in [0.4, 0.5) is 5.69 Å². The smallest absolute Gasteiger partial charge is 0.295 e. The predicted molar refractivity (Wildman–Crippen MR) is 72.8 cm³/mol. The van der Waals surface area contributed by atoms with Gasteiger partial charge in [-0.15, -0.1) is 5.10 Å². The Morgan fingerprint density at radius 1 is 1.37 bits per heavy atom. The fraction of sp³-hybridized carbons (Fsp3) is 0.250. The first-order chi connectivity index (χ1) is 9.15. The third-order valence-electron chi connectivity index (χ3n) is 2.87. The van der Waals surface area contributed by atoms with Crippen molar-refractivity contribution in [2.75, 3.05) is 5.32 Å². The van der Waals surface area contributed by atoms with Gasteiger partial charge in [-0.25, -0.2) is 4.98 Å². The van der Waals surface area contributed by atoms with Gasteiger partial charge in [0, 0.05) is 5.92 Å². The van der Waals surface area contributed by atoms with Crippen molar-refractivity contribution in [3.8, 4) is 0 Å². The maximum absolute atomic E-state index is 12.0. The molecule has 98 valence electrons. The molecule has 0 bridgehead atoms. The van der Waals surface area contributed by atoms with Crippen molar-refractivity contribution in [2.45, 2.75) is 18.8 Å². The number of carbonyl (C=O) groups excluding carboxylic acids is 1. The molecule has 1 saturated carbocycles. The monoisotopic (exact) mass is 296 g/mol. The van der Waals surface area contributed by atoms with Gasteiger partial charge in [0.15, 0.2) is 0 Å². The van der Waals surface area contributed by atoms with Gasteiger partial charge in [-0.1, -0.05) is 29.3 Å². The molecule has 0 aliphatic heterocycles. The highest BCUT2D eigenvalue weighted by molar-refractivity contribution is 6.44. The van der Waals surface area contributed by atoms with Crippen LogP contribution in [0, 0.1) is 0 Å². The molecule has 7 heteroatoms. The Bertz CT molecular complexity index is 636. The number of rotatable bonds is 3. The van der Waals surface area contributed by atoms with E-state index in [0.29, 0.717) is 21.7 Å². The number of amides is 1. The highest BCUT2D eigenvalue weighted by Gasteiger charge is 2.28. The minimum atomic E-state index is -0.410. The van der Waals surface area contributed by atoms with Crippen molar-refractivity contribution in [3.05, 3.63) is 39.9 Å². The zero-order valence-corrected chi connectivity index (χ0v) is 11.3. The van der Waals surface area contributed by atoms with Crippen LogP contribution in [0.25, 0.3) is 0 Å². The minimum absolute atomic E-state index is 0.109. The number of halogens is 2. The summed E-state index contributed by atoms with van der Waals surface area (Å²) >= 11 is 11.9. The normalized spacial score (nSPS) is 14.4. The van der Waals surface area contributed by atoms with Crippen molar-refractivity contribution >= 4 is 34.8 Å². The van der Waals surface area contributed by atoms with Crippen molar-refractivity contribution in [2.24, 2.45) is 0 Å². The van der Waals surface area contributed by atoms with Crippen LogP contribution in [-0.2, 0) is 0 Å². The van der Waals surface area contributed by atoms with E-state index < -0.39 is 5.91 Å². The lowest BCUT2D eigenvalue weighted by molar-refractivity contribution is 0.101. The number of hydrogen-bond donors (Lipinski definition) is 2. The maximum atomic E-state index is 12.0. The predicted octanol–water partition coefficient (Wildman–Crippen LogP) is 3.24. The van der Waals surface area contributed by atoms with Gasteiger partial charge < -0.3 is 5.32 Å². The van der Waals surface area contributed by atoms with Crippen LogP contribution in [0.2, 0.25) is 10.0 Å². The molecule has 0 saturated heterocycles. The summed E-state index contributed by atoms with van der Waals surface area (Å²) in [5.74, 6) is 0.886. The standard InChI is InChI=1S/C12H10Cl2N4O/c13-7-2-1-3-8(9(7)14)15-12(19)11-16-10(17-18-11)6-4-5-6/h1-3,6H,4-5H2,(H,15,19)(H,16,17,18). The van der Waals surface area contributed by atoms with Crippen LogP contribution in [0.5, 0.6) is 0 Å². The van der Waals surface area contributed by atoms with E-state index in [1.54, 1.807) is 18.2 Å². The molecule has 1 heterocycles. The summed E-state index contributed by atoms with van der Waals surface area (Å²) in [7, 11) is 0. The summed E-state index contributed by atoms with van der Waals surface area (Å²) in [6, 6.07) is 5.02. The number of carbonyl (C=O) groups is 1. The van der Waals surface area contributed by atoms with E-state index >= 15 is 0 Å². The SMILES string of the molecule is O=C(Nc1cccc(Cl)c1Cl)c1n[nH]c(C2CC2)n1. The first-order valence-corrected chi connectivity index (χ1v) is 6.58. The summed E-state index contributed by atoms with van der Waals surface area (Å²) in [6.45, 7) is 0. The minimum Gasteiger partial charge on any atom is -0.318 e. The molecule has 0 radical (unpaired) electrons. The molecular formula is C12H10Cl2N4O. The molecule has 1 aliphatic rings. The van der Waals surface area contributed by atoms with Crippen molar-refractivity contribution in [1.29, 1.82) is 0 Å². The molecule has 19 heavy (non-hydrogen) atoms. The van der Waals surface area contributed by atoms with Crippen LogP contribution in [0.1, 0.15) is 35.2 Å². The first kappa shape index (κ1) is 12.4. The van der Waals surface area contributed by atoms with E-state index in [1.165, 1.54) is 0 Å². The highest BCUT2D eigenvalue weighted by Crippen LogP contribution is 2.37. The van der Waals surface area contributed by atoms with E-state index in [1.807, 2.05) is 0 Å². The molecule has 5 nitrogen and oxygen atoms in total. The Balaban J connectivity index is 1.78. The van der Waals surface area contributed by atoms with Crippen LogP contribution >= 0.6 is 23.2 Å². The molecular weight excluding hydrogens is 287 g/mol. The van der Waals surface area contributed by atoms with Gasteiger partial charge in [-0.3, -0.25) is 9.89 Å². The van der Waals surface area contributed by atoms with Gasteiger partial charge in [0.25, 0.3) is 5.91 Å². The van der Waals surface area contributed by atoms with E-state index in [0.717, 1.165) is 18.7 Å². The number of anilines is 1. The van der Waals surface area contributed by atoms with Crippen LogP contribution in [0.15, 0.2) is 18.2 Å². The van der Waals surface area contributed by atoms with Crippen molar-refractivity contribution < 1.29 is 4.79 Å². The quantitative estimate of drug-likeness (QED) is 0.913. The molecule has 1 aromatic heterocycles. The van der Waals surface area contributed by atoms with Crippen LogP contribution in [-0.4, -0.2) is 21.1 Å². The first-order valence-electron chi connectivity index (χ1n) is 5.83. The lowest BCUT2D eigenvalue weighted by Crippen LogP contribution is -2.14. The Hall–Kier alpha value is -1.59. The van der Waals surface area contributed by atoms with Crippen molar-refractivity contribution in [1.82, 2.24) is 15.2 Å². The number of nitrogens with one attached hydrogen (secondary N) is 2. The highest BCUT2D eigenvalue weighted by atomic mass is 35.5. The number of benzene rings is 1. The molecule has 0 unspecified atom stereocenters. The maximum Gasteiger partial charge on any atom is 0.295 e. The van der Waals surface area contributed by atoms with Gasteiger partial charge in [-0.05, 0) is 25.0 Å². The number of hydrogen-bond acceptors (Lipinski definition) is 3. The number of aromatic amines is 1. The Labute approximate surface area is 119 Å². The van der Waals surface area contributed by atoms with Gasteiger partial charge >= 0.3 is 0 Å². The fourth-order valence-corrected chi connectivity index (χ4v) is 2.04. The second-order valence-electron chi connectivity index (χ2n) is 4.37. The van der Waals surface area contributed by atoms with E-state index in [2.05, 4.69) is 20.5 Å². The third kappa shape index (κ3) is 2.57. The van der Waals surface area contributed by atoms with Gasteiger partial charge in [0.05, 0.1) is 15.7 Å². The Morgan fingerprint density at radius 2 is 2.16 bits per heavy atom. The average molecular weight is 297 g/mol. The van der Waals surface area contributed by atoms with E-state index in [4.69, 9.17) is 23.2 Å². The number of aromatic nitrogens is 3. The molecule has 2 aromatic rings. The number of nitrogens with zero attached hydrogens (tertiary/aromatic N) is 2. The van der Waals surface area contributed by atoms with E-state index in [9.17, 15) is 4.79 Å². The molecule has 1 aromatic carbocycles. The topological polar surface area (TPSA) is 70.7 Å². The molecule has 0 atom stereocenters. The second kappa shape index (κ2) is 4.83. The van der Waals surface area contributed by atoms with Gasteiger partial charge in [0.2, 0.25) is 5.82 Å². The van der Waals surface area contributed by atoms with Gasteiger partial charge in [-0.2, -0.15) is 0 Å². The summed E-state index contributed by atoms with van der Waals surface area (Å²) < 4.78 is 0. The average Bonchev–Trinajstić information content (AvgIpc) is 3.12. The Morgan fingerprint density at radius 3 is 2.89 bits per heavy atom. The van der Waals surface area contributed by atoms with Crippen molar-refractivity contribution in [3.63, 3.8) is 0 Å². The summed E-state index contributed by atoms with van der Waals surface area (Å²) in [5, 5.41) is 10.0. The lowest BCUT2D eigenvalue weighted by Gasteiger charge is -2.05. The molecule has 1 aliphatic carbocycles. The zero-order valence-electron chi connectivity index (χ0n) is 9.78. The molecule has 1 fully saturated rings. The largest absolute Gasteiger partial charge is 0.318 e. The lowest BCUT2D eigenvalue weighted by atomic mass is 10.3. The number of H-pyrrole nitrogens is 1. The summed E-state index contributed by atoms with van der Waals surface area (Å²) in [4.78, 5) is 16.1. The zero-order chi connectivity index (χ0) is 13.4. The van der Waals surface area contributed by atoms with E-state index in [-0.39, 0.29) is 5.82 Å². The molecule has 1 amide bonds. The third-order valence-corrected chi connectivity index (χ3v) is 3.69. The van der Waals surface area contributed by atoms with Crippen LogP contribution < -0.4 is 5.32 Å². The molecule has 3 rings (SSSR count). The fourth-order valence-electron chi connectivity index (χ4n) is 1.69. The molecule has 2 N–H and O–H groups in total. The van der Waals surface area contributed by atoms with Gasteiger partial charge in [0.1, 0.15) is 5.82 Å². The summed E-state index contributed by atoms with van der Waals surface area (Å²) in [5.41, 5.74) is 0.442. The van der Waals surface area contributed by atoms with Crippen LogP contribution in [0.3, 0.4) is 0 Å². The summed E-state index contributed by atoms with van der Waals surface area (Å²) in [6.07, 6.45) is 2.19. The second-order valence-corrected chi connectivity index (χ2v) is 5.16. The Kier molecular flexibility index (Phi) is 3.16. The molecule has 0 spiro atoms.